The second-order valence-corrected chi connectivity index (χ2v) is 5.98. The Balaban J connectivity index is 1.85. The third-order valence-corrected chi connectivity index (χ3v) is 4.41. The van der Waals surface area contributed by atoms with Crippen LogP contribution < -0.4 is 0 Å². The number of aliphatic hydroxyl groups is 1. The summed E-state index contributed by atoms with van der Waals surface area (Å²) in [7, 11) is 0. The molecule has 2 heteroatoms. The number of aliphatic hydroxyl groups excluding tert-OH is 1. The summed E-state index contributed by atoms with van der Waals surface area (Å²) in [6.07, 6.45) is 3.85. The molecule has 0 aliphatic heterocycles. The highest BCUT2D eigenvalue weighted by atomic mass is 16.3. The van der Waals surface area contributed by atoms with E-state index >= 15 is 0 Å². The van der Waals surface area contributed by atoms with E-state index < -0.39 is 0 Å². The number of rotatable bonds is 7. The number of nitrogens with zero attached hydrogens (tertiary/aromatic N) is 1. The predicted molar refractivity (Wildman–Crippen MR) is 80.0 cm³/mol. The molecule has 2 nitrogen and oxygen atoms in total. The van der Waals surface area contributed by atoms with Crippen LogP contribution in [0.3, 0.4) is 0 Å². The van der Waals surface area contributed by atoms with Crippen molar-refractivity contribution in [3.63, 3.8) is 0 Å². The van der Waals surface area contributed by atoms with Gasteiger partial charge in [-0.1, -0.05) is 50.6 Å². The van der Waals surface area contributed by atoms with Gasteiger partial charge < -0.3 is 10.0 Å². The molecule has 1 fully saturated rings. The molecule has 2 atom stereocenters. The average Bonchev–Trinajstić information content (AvgIpc) is 2.41. The molecule has 1 aromatic rings. The van der Waals surface area contributed by atoms with E-state index in [0.717, 1.165) is 24.6 Å². The van der Waals surface area contributed by atoms with E-state index in [0.29, 0.717) is 0 Å². The molecule has 1 saturated carbocycles. The monoisotopic (exact) mass is 261 g/mol. The minimum atomic E-state index is -0.350. The van der Waals surface area contributed by atoms with Crippen LogP contribution in [-0.2, 0) is 0 Å². The van der Waals surface area contributed by atoms with Gasteiger partial charge in [-0.15, -0.1) is 0 Å². The van der Waals surface area contributed by atoms with Crippen LogP contribution in [0.4, 0.5) is 0 Å². The van der Waals surface area contributed by atoms with Crippen LogP contribution in [0.5, 0.6) is 0 Å². The first-order valence-corrected chi connectivity index (χ1v) is 7.66. The summed E-state index contributed by atoms with van der Waals surface area (Å²) in [6, 6.07) is 10.0. The van der Waals surface area contributed by atoms with Gasteiger partial charge in [0.15, 0.2) is 0 Å². The highest BCUT2D eigenvalue weighted by Crippen LogP contribution is 2.28. The van der Waals surface area contributed by atoms with Crippen molar-refractivity contribution in [1.82, 2.24) is 4.90 Å². The zero-order valence-corrected chi connectivity index (χ0v) is 12.3. The van der Waals surface area contributed by atoms with Crippen LogP contribution in [-0.4, -0.2) is 29.6 Å². The van der Waals surface area contributed by atoms with Crippen molar-refractivity contribution in [3.8, 4) is 0 Å². The number of hydrogen-bond donors (Lipinski definition) is 1. The molecule has 0 aromatic heterocycles. The van der Waals surface area contributed by atoms with Crippen molar-refractivity contribution < 1.29 is 5.11 Å². The number of hydrogen-bond acceptors (Lipinski definition) is 2. The van der Waals surface area contributed by atoms with Gasteiger partial charge in [-0.3, -0.25) is 0 Å². The van der Waals surface area contributed by atoms with Crippen LogP contribution in [0.25, 0.3) is 0 Å². The van der Waals surface area contributed by atoms with Crippen molar-refractivity contribution >= 4 is 0 Å². The molecule has 0 amide bonds. The molecule has 0 saturated heterocycles. The largest absolute Gasteiger partial charge is 0.388 e. The van der Waals surface area contributed by atoms with E-state index in [9.17, 15) is 5.11 Å². The molecule has 2 rings (SSSR count). The first-order chi connectivity index (χ1) is 9.20. The average molecular weight is 261 g/mol. The fraction of sp³-hybridized carbons (Fsp3) is 0.647. The van der Waals surface area contributed by atoms with E-state index in [1.807, 2.05) is 30.3 Å². The molecule has 106 valence electrons. The Hall–Kier alpha value is -0.860. The van der Waals surface area contributed by atoms with E-state index in [2.05, 4.69) is 18.7 Å². The minimum absolute atomic E-state index is 0.280. The normalized spacial score (nSPS) is 19.2. The quantitative estimate of drug-likeness (QED) is 0.812. The van der Waals surface area contributed by atoms with Crippen LogP contribution in [0.2, 0.25) is 0 Å². The van der Waals surface area contributed by atoms with Gasteiger partial charge in [0.05, 0.1) is 6.10 Å². The zero-order chi connectivity index (χ0) is 13.7. The predicted octanol–water partition coefficient (Wildman–Crippen LogP) is 3.48. The topological polar surface area (TPSA) is 23.5 Å². The van der Waals surface area contributed by atoms with E-state index in [4.69, 9.17) is 0 Å². The SMILES string of the molecule is CCN(CC1CCC1)CC(C)C(O)c1ccccc1. The molecular formula is C17H27NO. The highest BCUT2D eigenvalue weighted by Gasteiger charge is 2.23. The second-order valence-electron chi connectivity index (χ2n) is 5.98. The Morgan fingerprint density at radius 3 is 2.47 bits per heavy atom. The summed E-state index contributed by atoms with van der Waals surface area (Å²) in [4.78, 5) is 2.50. The summed E-state index contributed by atoms with van der Waals surface area (Å²) in [6.45, 7) is 7.66. The highest BCUT2D eigenvalue weighted by molar-refractivity contribution is 5.17. The van der Waals surface area contributed by atoms with Gasteiger partial charge in [-0.05, 0) is 36.8 Å². The Morgan fingerprint density at radius 1 is 1.26 bits per heavy atom. The van der Waals surface area contributed by atoms with Gasteiger partial charge in [-0.2, -0.15) is 0 Å². The summed E-state index contributed by atoms with van der Waals surface area (Å²) >= 11 is 0. The summed E-state index contributed by atoms with van der Waals surface area (Å²) < 4.78 is 0. The maximum Gasteiger partial charge on any atom is 0.0827 e. The zero-order valence-electron chi connectivity index (χ0n) is 12.3. The maximum atomic E-state index is 10.4. The maximum absolute atomic E-state index is 10.4. The molecule has 2 unspecified atom stereocenters. The lowest BCUT2D eigenvalue weighted by Gasteiger charge is -2.34. The molecule has 0 bridgehead atoms. The fourth-order valence-electron chi connectivity index (χ4n) is 2.86. The van der Waals surface area contributed by atoms with Gasteiger partial charge in [-0.25, -0.2) is 0 Å². The molecule has 0 radical (unpaired) electrons. The van der Waals surface area contributed by atoms with Gasteiger partial charge in [0.25, 0.3) is 0 Å². The number of benzene rings is 1. The summed E-state index contributed by atoms with van der Waals surface area (Å²) in [5.74, 6) is 1.18. The minimum Gasteiger partial charge on any atom is -0.388 e. The lowest BCUT2D eigenvalue weighted by molar-refractivity contribution is 0.0783. The Labute approximate surface area is 117 Å². The standard InChI is InChI=1S/C17H27NO/c1-3-18(13-15-8-7-9-15)12-14(2)17(19)16-10-5-4-6-11-16/h4-6,10-11,14-15,17,19H,3,7-9,12-13H2,1-2H3. The summed E-state index contributed by atoms with van der Waals surface area (Å²) in [5, 5.41) is 10.4. The van der Waals surface area contributed by atoms with Crippen LogP contribution in [0.1, 0.15) is 44.8 Å². The smallest absolute Gasteiger partial charge is 0.0827 e. The molecule has 1 aromatic carbocycles. The van der Waals surface area contributed by atoms with Crippen LogP contribution in [0, 0.1) is 11.8 Å². The Morgan fingerprint density at radius 2 is 1.95 bits per heavy atom. The Bertz CT molecular complexity index is 361. The lowest BCUT2D eigenvalue weighted by Crippen LogP contribution is -2.36. The molecule has 1 aliphatic carbocycles. The second kappa shape index (κ2) is 7.06. The molecule has 1 N–H and O–H groups in total. The van der Waals surface area contributed by atoms with E-state index in [1.54, 1.807) is 0 Å². The fourth-order valence-corrected chi connectivity index (χ4v) is 2.86. The molecule has 0 heterocycles. The van der Waals surface area contributed by atoms with Crippen molar-refractivity contribution in [1.29, 1.82) is 0 Å². The van der Waals surface area contributed by atoms with Crippen molar-refractivity contribution in [2.45, 2.75) is 39.2 Å². The van der Waals surface area contributed by atoms with Crippen LogP contribution >= 0.6 is 0 Å². The third-order valence-electron chi connectivity index (χ3n) is 4.41. The molecule has 0 spiro atoms. The van der Waals surface area contributed by atoms with E-state index in [-0.39, 0.29) is 12.0 Å². The third kappa shape index (κ3) is 4.05. The van der Waals surface area contributed by atoms with Crippen molar-refractivity contribution in [3.05, 3.63) is 35.9 Å². The first-order valence-electron chi connectivity index (χ1n) is 7.66. The van der Waals surface area contributed by atoms with Crippen molar-refractivity contribution in [2.75, 3.05) is 19.6 Å². The van der Waals surface area contributed by atoms with Crippen molar-refractivity contribution in [2.24, 2.45) is 11.8 Å². The van der Waals surface area contributed by atoms with Crippen LogP contribution in [0.15, 0.2) is 30.3 Å². The Kier molecular flexibility index (Phi) is 5.41. The molecule has 19 heavy (non-hydrogen) atoms. The van der Waals surface area contributed by atoms with Gasteiger partial charge in [0.1, 0.15) is 0 Å². The summed E-state index contributed by atoms with van der Waals surface area (Å²) in [5.41, 5.74) is 1.04. The first kappa shape index (κ1) is 14.5. The molecular weight excluding hydrogens is 234 g/mol. The van der Waals surface area contributed by atoms with Gasteiger partial charge in [0.2, 0.25) is 0 Å². The van der Waals surface area contributed by atoms with E-state index in [1.165, 1.54) is 25.8 Å². The lowest BCUT2D eigenvalue weighted by atomic mass is 9.85. The van der Waals surface area contributed by atoms with Gasteiger partial charge in [0, 0.05) is 13.1 Å². The molecule has 1 aliphatic rings. The van der Waals surface area contributed by atoms with Gasteiger partial charge >= 0.3 is 0 Å².